The monoisotopic (exact) mass is 265 g/mol. The van der Waals surface area contributed by atoms with Crippen molar-refractivity contribution < 1.29 is 14.3 Å². The fourth-order valence-corrected chi connectivity index (χ4v) is 1.98. The van der Waals surface area contributed by atoms with Crippen molar-refractivity contribution in [2.24, 2.45) is 5.92 Å². The van der Waals surface area contributed by atoms with Gasteiger partial charge in [-0.2, -0.15) is 0 Å². The third kappa shape index (κ3) is 5.20. The van der Waals surface area contributed by atoms with E-state index in [1.807, 2.05) is 12.1 Å². The van der Waals surface area contributed by atoms with E-state index in [9.17, 15) is 4.79 Å². The summed E-state index contributed by atoms with van der Waals surface area (Å²) in [5.74, 6) is 2.12. The molecular formula is C15H23NO3. The van der Waals surface area contributed by atoms with Crippen LogP contribution in [0.15, 0.2) is 18.2 Å². The highest BCUT2D eigenvalue weighted by atomic mass is 16.5. The molecule has 1 atom stereocenters. The Kier molecular flexibility index (Phi) is 6.79. The van der Waals surface area contributed by atoms with Crippen molar-refractivity contribution in [1.29, 1.82) is 0 Å². The minimum Gasteiger partial charge on any atom is -0.493 e. The quantitative estimate of drug-likeness (QED) is 0.551. The van der Waals surface area contributed by atoms with Crippen LogP contribution >= 0.6 is 0 Å². The van der Waals surface area contributed by atoms with E-state index in [4.69, 9.17) is 9.47 Å². The minimum absolute atomic E-state index is 0.584. The van der Waals surface area contributed by atoms with Gasteiger partial charge in [-0.25, -0.2) is 0 Å². The zero-order valence-corrected chi connectivity index (χ0v) is 11.9. The Morgan fingerprint density at radius 3 is 2.58 bits per heavy atom. The Bertz CT molecular complexity index is 393. The molecule has 1 amide bonds. The van der Waals surface area contributed by atoms with Crippen LogP contribution in [-0.4, -0.2) is 27.2 Å². The smallest absolute Gasteiger partial charge is 0.207 e. The summed E-state index contributed by atoms with van der Waals surface area (Å²) in [7, 11) is 3.29. The molecule has 0 fully saturated rings. The summed E-state index contributed by atoms with van der Waals surface area (Å²) in [6.07, 6.45) is 3.85. The van der Waals surface area contributed by atoms with Gasteiger partial charge in [0, 0.05) is 6.54 Å². The van der Waals surface area contributed by atoms with E-state index in [0.717, 1.165) is 43.7 Å². The van der Waals surface area contributed by atoms with Crippen LogP contribution in [0.25, 0.3) is 0 Å². The van der Waals surface area contributed by atoms with E-state index >= 15 is 0 Å². The molecule has 0 saturated carbocycles. The molecule has 0 spiro atoms. The molecule has 19 heavy (non-hydrogen) atoms. The highest BCUT2D eigenvalue weighted by Gasteiger charge is 2.06. The van der Waals surface area contributed by atoms with Gasteiger partial charge in [-0.15, -0.1) is 0 Å². The van der Waals surface area contributed by atoms with Gasteiger partial charge < -0.3 is 14.8 Å². The number of aryl methyl sites for hydroxylation is 1. The van der Waals surface area contributed by atoms with Gasteiger partial charge in [0.05, 0.1) is 14.2 Å². The van der Waals surface area contributed by atoms with Gasteiger partial charge in [0.25, 0.3) is 0 Å². The normalized spacial score (nSPS) is 11.7. The first-order valence-corrected chi connectivity index (χ1v) is 6.59. The largest absolute Gasteiger partial charge is 0.493 e. The van der Waals surface area contributed by atoms with Gasteiger partial charge >= 0.3 is 0 Å². The predicted octanol–water partition coefficient (Wildman–Crippen LogP) is 2.41. The molecule has 0 bridgehead atoms. The fraction of sp³-hybridized carbons (Fsp3) is 0.533. The van der Waals surface area contributed by atoms with Crippen LogP contribution in [0.5, 0.6) is 11.5 Å². The lowest BCUT2D eigenvalue weighted by atomic mass is 9.98. The summed E-state index contributed by atoms with van der Waals surface area (Å²) < 4.78 is 10.5. The standard InChI is InChI=1S/C15H23NO3/c1-12(8-9-16-11-17)4-5-13-6-7-14(18-2)15(10-13)19-3/h6-7,10-12H,4-5,8-9H2,1-3H3,(H,16,17). The molecule has 0 saturated heterocycles. The zero-order valence-electron chi connectivity index (χ0n) is 11.9. The van der Waals surface area contributed by atoms with Crippen molar-refractivity contribution in [3.63, 3.8) is 0 Å². The highest BCUT2D eigenvalue weighted by Crippen LogP contribution is 2.28. The number of benzene rings is 1. The summed E-state index contributed by atoms with van der Waals surface area (Å²) in [4.78, 5) is 10.2. The molecule has 1 N–H and O–H groups in total. The molecule has 0 aromatic heterocycles. The molecule has 0 aliphatic heterocycles. The first kappa shape index (κ1) is 15.3. The van der Waals surface area contributed by atoms with E-state index in [1.165, 1.54) is 5.56 Å². The number of carbonyl (C=O) groups is 1. The summed E-state index contributed by atoms with van der Waals surface area (Å²) in [6, 6.07) is 6.03. The van der Waals surface area contributed by atoms with Crippen LogP contribution < -0.4 is 14.8 Å². The lowest BCUT2D eigenvalue weighted by molar-refractivity contribution is -0.109. The number of rotatable bonds is 9. The second-order valence-corrected chi connectivity index (χ2v) is 4.69. The first-order valence-electron chi connectivity index (χ1n) is 6.59. The number of hydrogen-bond donors (Lipinski definition) is 1. The Morgan fingerprint density at radius 2 is 1.95 bits per heavy atom. The average Bonchev–Trinajstić information content (AvgIpc) is 2.45. The zero-order chi connectivity index (χ0) is 14.1. The lowest BCUT2D eigenvalue weighted by Gasteiger charge is -2.12. The number of amides is 1. The van der Waals surface area contributed by atoms with E-state index in [1.54, 1.807) is 14.2 Å². The molecule has 1 rings (SSSR count). The molecule has 0 aliphatic rings. The van der Waals surface area contributed by atoms with E-state index in [2.05, 4.69) is 18.3 Å². The van der Waals surface area contributed by atoms with Gasteiger partial charge in [-0.05, 0) is 42.9 Å². The second kappa shape index (κ2) is 8.40. The number of carbonyl (C=O) groups excluding carboxylic acids is 1. The van der Waals surface area contributed by atoms with E-state index in [-0.39, 0.29) is 0 Å². The van der Waals surface area contributed by atoms with Crippen molar-refractivity contribution in [2.75, 3.05) is 20.8 Å². The van der Waals surface area contributed by atoms with Crippen LogP contribution in [0.4, 0.5) is 0 Å². The molecule has 4 nitrogen and oxygen atoms in total. The van der Waals surface area contributed by atoms with Crippen molar-refractivity contribution in [1.82, 2.24) is 5.32 Å². The van der Waals surface area contributed by atoms with Crippen LogP contribution in [0, 0.1) is 5.92 Å². The molecule has 0 aliphatic carbocycles. The molecular weight excluding hydrogens is 242 g/mol. The summed E-state index contributed by atoms with van der Waals surface area (Å²) in [6.45, 7) is 2.95. The average molecular weight is 265 g/mol. The summed E-state index contributed by atoms with van der Waals surface area (Å²) in [5, 5.41) is 2.69. The molecule has 106 valence electrons. The highest BCUT2D eigenvalue weighted by molar-refractivity contribution is 5.45. The van der Waals surface area contributed by atoms with Gasteiger partial charge in [0.2, 0.25) is 6.41 Å². The molecule has 1 unspecified atom stereocenters. The van der Waals surface area contributed by atoms with Gasteiger partial charge in [0.1, 0.15) is 0 Å². The predicted molar refractivity (Wildman–Crippen MR) is 75.7 cm³/mol. The number of methoxy groups -OCH3 is 2. The molecule has 0 heterocycles. The summed E-state index contributed by atoms with van der Waals surface area (Å²) in [5.41, 5.74) is 1.24. The molecule has 1 aromatic rings. The van der Waals surface area contributed by atoms with Crippen LogP contribution in [0.2, 0.25) is 0 Å². The third-order valence-corrected chi connectivity index (χ3v) is 3.24. The summed E-state index contributed by atoms with van der Waals surface area (Å²) >= 11 is 0. The number of nitrogens with one attached hydrogen (secondary N) is 1. The van der Waals surface area contributed by atoms with Gasteiger partial charge in [-0.1, -0.05) is 13.0 Å². The number of hydrogen-bond acceptors (Lipinski definition) is 3. The molecule has 1 aromatic carbocycles. The SMILES string of the molecule is COc1ccc(CCC(C)CCNC=O)cc1OC. The van der Waals surface area contributed by atoms with E-state index < -0.39 is 0 Å². The maximum absolute atomic E-state index is 10.2. The van der Waals surface area contributed by atoms with Crippen molar-refractivity contribution in [3.05, 3.63) is 23.8 Å². The van der Waals surface area contributed by atoms with Crippen LogP contribution in [0.3, 0.4) is 0 Å². The Morgan fingerprint density at radius 1 is 1.21 bits per heavy atom. The minimum atomic E-state index is 0.584. The van der Waals surface area contributed by atoms with Crippen molar-refractivity contribution in [3.8, 4) is 11.5 Å². The Hall–Kier alpha value is -1.71. The van der Waals surface area contributed by atoms with E-state index in [0.29, 0.717) is 5.92 Å². The maximum Gasteiger partial charge on any atom is 0.207 e. The van der Waals surface area contributed by atoms with Gasteiger partial charge in [0.15, 0.2) is 11.5 Å². The Balaban J connectivity index is 2.46. The van der Waals surface area contributed by atoms with Crippen molar-refractivity contribution >= 4 is 6.41 Å². The first-order chi connectivity index (χ1) is 9.21. The van der Waals surface area contributed by atoms with Crippen LogP contribution in [-0.2, 0) is 11.2 Å². The Labute approximate surface area is 115 Å². The second-order valence-electron chi connectivity index (χ2n) is 4.69. The lowest BCUT2D eigenvalue weighted by Crippen LogP contribution is -2.15. The number of ether oxygens (including phenoxy) is 2. The van der Waals surface area contributed by atoms with Crippen LogP contribution in [0.1, 0.15) is 25.3 Å². The third-order valence-electron chi connectivity index (χ3n) is 3.24. The molecule has 0 radical (unpaired) electrons. The maximum atomic E-state index is 10.2. The fourth-order valence-electron chi connectivity index (χ4n) is 1.98. The van der Waals surface area contributed by atoms with Gasteiger partial charge in [-0.3, -0.25) is 4.79 Å². The molecule has 4 heteroatoms. The van der Waals surface area contributed by atoms with Crippen molar-refractivity contribution in [2.45, 2.75) is 26.2 Å². The topological polar surface area (TPSA) is 47.6 Å².